The van der Waals surface area contributed by atoms with Gasteiger partial charge in [-0.15, -0.1) is 0 Å². The Morgan fingerprint density at radius 2 is 2.11 bits per heavy atom. The van der Waals surface area contributed by atoms with Gasteiger partial charge in [-0.2, -0.15) is 0 Å². The fraction of sp³-hybridized carbons (Fsp3) is 0.231. The highest BCUT2D eigenvalue weighted by Gasteiger charge is 2.12. The number of amides is 2. The smallest absolute Gasteiger partial charge is 0.413 e. The number of aromatic amines is 1. The van der Waals surface area contributed by atoms with Crippen LogP contribution in [-0.2, 0) is 16.0 Å². The molecule has 0 fully saturated rings. The van der Waals surface area contributed by atoms with Crippen LogP contribution in [0, 0.1) is 0 Å². The molecule has 19 heavy (non-hydrogen) atoms. The van der Waals surface area contributed by atoms with Gasteiger partial charge < -0.3 is 14.5 Å². The van der Waals surface area contributed by atoms with Crippen LogP contribution >= 0.6 is 0 Å². The summed E-state index contributed by atoms with van der Waals surface area (Å²) < 4.78 is 9.51. The summed E-state index contributed by atoms with van der Waals surface area (Å²) in [5, 5.41) is 3.00. The lowest BCUT2D eigenvalue weighted by atomic mass is 10.1. The number of rotatable bonds is 3. The predicted octanol–water partition coefficient (Wildman–Crippen LogP) is 1.60. The van der Waals surface area contributed by atoms with Crippen LogP contribution in [0.2, 0.25) is 0 Å². The van der Waals surface area contributed by atoms with Gasteiger partial charge in [-0.05, 0) is 23.8 Å². The standard InChI is InChI=1S/C13H14N2O4/c1-18-9-3-4-11-10(6-9)8(7-14-11)5-12(16)15-13(17)19-2/h3-4,6-7,14H,5H2,1-2H3,(H,15,16,17). The average Bonchev–Trinajstić information content (AvgIpc) is 2.80. The zero-order chi connectivity index (χ0) is 13.8. The quantitative estimate of drug-likeness (QED) is 0.880. The molecule has 0 aliphatic carbocycles. The molecule has 0 aliphatic heterocycles. The number of aromatic nitrogens is 1. The van der Waals surface area contributed by atoms with Crippen molar-refractivity contribution in [3.63, 3.8) is 0 Å². The van der Waals surface area contributed by atoms with Gasteiger partial charge in [-0.3, -0.25) is 10.1 Å². The molecule has 6 nitrogen and oxygen atoms in total. The molecule has 2 rings (SSSR count). The van der Waals surface area contributed by atoms with Crippen molar-refractivity contribution in [1.29, 1.82) is 0 Å². The van der Waals surface area contributed by atoms with Gasteiger partial charge in [0.15, 0.2) is 0 Å². The molecule has 1 aromatic heterocycles. The maximum Gasteiger partial charge on any atom is 0.413 e. The molecule has 1 heterocycles. The van der Waals surface area contributed by atoms with Gasteiger partial charge in [0.2, 0.25) is 5.91 Å². The van der Waals surface area contributed by atoms with Crippen LogP contribution in [0.25, 0.3) is 10.9 Å². The number of carbonyl (C=O) groups is 2. The highest BCUT2D eigenvalue weighted by molar-refractivity contribution is 5.95. The molecular weight excluding hydrogens is 248 g/mol. The Morgan fingerprint density at radius 3 is 2.79 bits per heavy atom. The molecule has 1 aromatic carbocycles. The van der Waals surface area contributed by atoms with Gasteiger partial charge in [-0.25, -0.2) is 4.79 Å². The zero-order valence-corrected chi connectivity index (χ0v) is 10.6. The number of carbonyl (C=O) groups excluding carboxylic acids is 2. The molecule has 0 saturated heterocycles. The number of hydrogen-bond acceptors (Lipinski definition) is 4. The second kappa shape index (κ2) is 5.43. The lowest BCUT2D eigenvalue weighted by Gasteiger charge is -2.03. The topological polar surface area (TPSA) is 80.4 Å². The second-order valence-electron chi connectivity index (χ2n) is 3.94. The second-order valence-corrected chi connectivity index (χ2v) is 3.94. The number of imide groups is 1. The highest BCUT2D eigenvalue weighted by atomic mass is 16.5. The van der Waals surface area contributed by atoms with Gasteiger partial charge in [0, 0.05) is 17.1 Å². The predicted molar refractivity (Wildman–Crippen MR) is 69.1 cm³/mol. The first-order valence-electron chi connectivity index (χ1n) is 5.66. The first kappa shape index (κ1) is 12.9. The molecule has 2 aromatic rings. The summed E-state index contributed by atoms with van der Waals surface area (Å²) in [6, 6.07) is 5.54. The Morgan fingerprint density at radius 1 is 1.32 bits per heavy atom. The summed E-state index contributed by atoms with van der Waals surface area (Å²) in [6.07, 6.45) is 1.06. The van der Waals surface area contributed by atoms with Crippen LogP contribution in [0.15, 0.2) is 24.4 Å². The number of benzene rings is 1. The molecule has 0 spiro atoms. The summed E-state index contributed by atoms with van der Waals surface area (Å²) in [6.45, 7) is 0. The molecule has 6 heteroatoms. The van der Waals surface area contributed by atoms with Gasteiger partial charge in [0.25, 0.3) is 0 Å². The van der Waals surface area contributed by atoms with Gasteiger partial charge in [0.1, 0.15) is 5.75 Å². The molecule has 2 amide bonds. The van der Waals surface area contributed by atoms with Crippen LogP contribution in [0.1, 0.15) is 5.56 Å². The number of methoxy groups -OCH3 is 2. The maximum atomic E-state index is 11.6. The van der Waals surface area contributed by atoms with Crippen molar-refractivity contribution in [3.05, 3.63) is 30.0 Å². The monoisotopic (exact) mass is 262 g/mol. The van der Waals surface area contributed by atoms with Crippen LogP contribution in [-0.4, -0.2) is 31.2 Å². The number of ether oxygens (including phenoxy) is 2. The molecule has 0 unspecified atom stereocenters. The largest absolute Gasteiger partial charge is 0.497 e. The lowest BCUT2D eigenvalue weighted by Crippen LogP contribution is -2.31. The fourth-order valence-corrected chi connectivity index (χ4v) is 1.81. The Bertz CT molecular complexity index is 618. The van der Waals surface area contributed by atoms with Crippen LogP contribution in [0.3, 0.4) is 0 Å². The molecule has 0 radical (unpaired) electrons. The van der Waals surface area contributed by atoms with E-state index in [4.69, 9.17) is 4.74 Å². The number of alkyl carbamates (subject to hydrolysis) is 1. The number of nitrogens with one attached hydrogen (secondary N) is 2. The summed E-state index contributed by atoms with van der Waals surface area (Å²) in [5.41, 5.74) is 1.69. The van der Waals surface area contributed by atoms with E-state index in [0.29, 0.717) is 5.75 Å². The van der Waals surface area contributed by atoms with E-state index in [1.165, 1.54) is 7.11 Å². The van der Waals surface area contributed by atoms with Crippen molar-refractivity contribution in [1.82, 2.24) is 10.3 Å². The van der Waals surface area contributed by atoms with Crippen molar-refractivity contribution < 1.29 is 19.1 Å². The lowest BCUT2D eigenvalue weighted by molar-refractivity contribution is -0.119. The minimum absolute atomic E-state index is 0.0856. The van der Waals surface area contributed by atoms with E-state index in [0.717, 1.165) is 16.5 Å². The number of fused-ring (bicyclic) bond motifs is 1. The average molecular weight is 262 g/mol. The Hall–Kier alpha value is -2.50. The van der Waals surface area contributed by atoms with E-state index < -0.39 is 12.0 Å². The van der Waals surface area contributed by atoms with E-state index in [1.807, 2.05) is 18.2 Å². The third-order valence-electron chi connectivity index (χ3n) is 2.75. The third kappa shape index (κ3) is 2.85. The summed E-state index contributed by atoms with van der Waals surface area (Å²) >= 11 is 0. The minimum Gasteiger partial charge on any atom is -0.497 e. The Balaban J connectivity index is 2.20. The normalized spacial score (nSPS) is 10.2. The zero-order valence-electron chi connectivity index (χ0n) is 10.6. The first-order chi connectivity index (χ1) is 9.13. The van der Waals surface area contributed by atoms with E-state index in [-0.39, 0.29) is 6.42 Å². The fourth-order valence-electron chi connectivity index (χ4n) is 1.81. The van der Waals surface area contributed by atoms with E-state index in [1.54, 1.807) is 13.3 Å². The first-order valence-corrected chi connectivity index (χ1v) is 5.66. The van der Waals surface area contributed by atoms with Crippen molar-refractivity contribution in [2.45, 2.75) is 6.42 Å². The summed E-state index contributed by atoms with van der Waals surface area (Å²) in [7, 11) is 2.79. The number of H-pyrrole nitrogens is 1. The van der Waals surface area contributed by atoms with Crippen molar-refractivity contribution >= 4 is 22.9 Å². The van der Waals surface area contributed by atoms with E-state index in [2.05, 4.69) is 15.0 Å². The Kier molecular flexibility index (Phi) is 3.70. The molecule has 2 N–H and O–H groups in total. The van der Waals surface area contributed by atoms with E-state index >= 15 is 0 Å². The maximum absolute atomic E-state index is 11.6. The van der Waals surface area contributed by atoms with Gasteiger partial charge >= 0.3 is 6.09 Å². The van der Waals surface area contributed by atoms with Crippen molar-refractivity contribution in [3.8, 4) is 5.75 Å². The minimum atomic E-state index is -0.762. The molecule has 0 saturated carbocycles. The van der Waals surface area contributed by atoms with Crippen molar-refractivity contribution in [2.75, 3.05) is 14.2 Å². The molecule has 0 bridgehead atoms. The van der Waals surface area contributed by atoms with Gasteiger partial charge in [-0.1, -0.05) is 0 Å². The van der Waals surface area contributed by atoms with Crippen LogP contribution in [0.5, 0.6) is 5.75 Å². The van der Waals surface area contributed by atoms with Crippen molar-refractivity contribution in [2.24, 2.45) is 0 Å². The molecular formula is C13H14N2O4. The van der Waals surface area contributed by atoms with Gasteiger partial charge in [0.05, 0.1) is 20.6 Å². The Labute approximate surface area is 109 Å². The highest BCUT2D eigenvalue weighted by Crippen LogP contribution is 2.23. The third-order valence-corrected chi connectivity index (χ3v) is 2.75. The molecule has 0 aliphatic rings. The molecule has 0 atom stereocenters. The van der Waals surface area contributed by atoms with E-state index in [9.17, 15) is 9.59 Å². The molecule has 100 valence electrons. The van der Waals surface area contributed by atoms with Crippen LogP contribution in [0.4, 0.5) is 4.79 Å². The summed E-state index contributed by atoms with van der Waals surface area (Å²) in [5.74, 6) is 0.289. The summed E-state index contributed by atoms with van der Waals surface area (Å²) in [4.78, 5) is 25.6. The SMILES string of the molecule is COC(=O)NC(=O)Cc1c[nH]c2ccc(OC)cc12. The van der Waals surface area contributed by atoms with Crippen LogP contribution < -0.4 is 10.1 Å². The number of hydrogen-bond donors (Lipinski definition) is 2.